The van der Waals surface area contributed by atoms with Crippen LogP contribution in [0.5, 0.6) is 5.75 Å². The smallest absolute Gasteiger partial charge is 0.281 e. The first-order valence-electron chi connectivity index (χ1n) is 6.85. The summed E-state index contributed by atoms with van der Waals surface area (Å²) in [4.78, 5) is 14.0. The average Bonchev–Trinajstić information content (AvgIpc) is 2.83. The van der Waals surface area contributed by atoms with E-state index >= 15 is 0 Å². The van der Waals surface area contributed by atoms with Crippen LogP contribution in [-0.4, -0.2) is 18.1 Å². The highest BCUT2D eigenvalue weighted by Crippen LogP contribution is 2.24. The van der Waals surface area contributed by atoms with Crippen molar-refractivity contribution in [3.05, 3.63) is 64.8 Å². The number of carbonyl (C=O) groups excluding carboxylic acids is 1. The number of hydrogen-bond donors (Lipinski definition) is 1. The molecule has 0 aliphatic carbocycles. The van der Waals surface area contributed by atoms with Gasteiger partial charge >= 0.3 is 0 Å². The lowest BCUT2D eigenvalue weighted by atomic mass is 10.2. The van der Waals surface area contributed by atoms with Gasteiger partial charge in [-0.15, -0.1) is 0 Å². The van der Waals surface area contributed by atoms with Crippen molar-refractivity contribution in [2.24, 2.45) is 0 Å². The molecule has 1 aliphatic heterocycles. The summed E-state index contributed by atoms with van der Waals surface area (Å²) in [6.45, 7) is 0. The lowest BCUT2D eigenvalue weighted by Gasteiger charge is -2.13. The number of halogens is 1. The maximum absolute atomic E-state index is 12.6. The Morgan fingerprint density at radius 2 is 1.78 bits per heavy atom. The topological polar surface area (TPSA) is 41.6 Å². The lowest BCUT2D eigenvalue weighted by molar-refractivity contribution is -0.113. The molecule has 0 radical (unpaired) electrons. The Balaban J connectivity index is 1.88. The number of benzene rings is 2. The summed E-state index contributed by atoms with van der Waals surface area (Å²) in [6, 6.07) is 14.4. The number of carbonyl (C=O) groups is 1. The third-order valence-electron chi connectivity index (χ3n) is 3.39. The monoisotopic (exact) mass is 344 g/mol. The van der Waals surface area contributed by atoms with Gasteiger partial charge in [0.05, 0.1) is 12.8 Å². The second-order valence-electron chi connectivity index (χ2n) is 4.88. The molecule has 2 aromatic carbocycles. The Morgan fingerprint density at radius 1 is 1.13 bits per heavy atom. The molecule has 0 spiro atoms. The fraction of sp³-hybridized carbons (Fsp3) is 0.0588. The van der Waals surface area contributed by atoms with Gasteiger partial charge in [0.25, 0.3) is 5.91 Å². The average molecular weight is 345 g/mol. The normalized spacial score (nSPS) is 15.9. The number of rotatable bonds is 3. The Hall–Kier alpha value is -2.37. The number of anilines is 1. The fourth-order valence-corrected chi connectivity index (χ4v) is 2.65. The van der Waals surface area contributed by atoms with E-state index in [4.69, 9.17) is 28.6 Å². The first-order chi connectivity index (χ1) is 11.1. The molecule has 23 heavy (non-hydrogen) atoms. The van der Waals surface area contributed by atoms with Gasteiger partial charge in [-0.25, -0.2) is 0 Å². The highest BCUT2D eigenvalue weighted by atomic mass is 35.5. The zero-order valence-electron chi connectivity index (χ0n) is 12.2. The summed E-state index contributed by atoms with van der Waals surface area (Å²) >= 11 is 11.1. The first kappa shape index (κ1) is 15.5. The van der Waals surface area contributed by atoms with E-state index in [0.29, 0.717) is 21.5 Å². The molecule has 0 saturated carbocycles. The predicted octanol–water partition coefficient (Wildman–Crippen LogP) is 3.61. The van der Waals surface area contributed by atoms with Crippen molar-refractivity contribution in [3.63, 3.8) is 0 Å². The summed E-state index contributed by atoms with van der Waals surface area (Å²) < 4.78 is 5.12. The number of nitrogens with one attached hydrogen (secondary N) is 1. The number of ether oxygens (including phenoxy) is 1. The molecule has 1 fully saturated rings. The SMILES string of the molecule is COc1ccc(/C=C2\NC(=S)N(c3ccc(Cl)cc3)C2=O)cc1. The Bertz CT molecular complexity index is 785. The van der Waals surface area contributed by atoms with E-state index < -0.39 is 0 Å². The van der Waals surface area contributed by atoms with E-state index in [9.17, 15) is 4.79 Å². The quantitative estimate of drug-likeness (QED) is 0.682. The fourth-order valence-electron chi connectivity index (χ4n) is 2.23. The minimum atomic E-state index is -0.201. The van der Waals surface area contributed by atoms with E-state index in [1.807, 2.05) is 24.3 Å². The van der Waals surface area contributed by atoms with Crippen molar-refractivity contribution < 1.29 is 9.53 Å². The number of methoxy groups -OCH3 is 1. The third kappa shape index (κ3) is 3.21. The summed E-state index contributed by atoms with van der Waals surface area (Å²) in [6.07, 6.45) is 1.75. The van der Waals surface area contributed by atoms with Crippen LogP contribution >= 0.6 is 23.8 Å². The number of thiocarbonyl (C=S) groups is 1. The van der Waals surface area contributed by atoms with Gasteiger partial charge in [-0.1, -0.05) is 23.7 Å². The first-order valence-corrected chi connectivity index (χ1v) is 7.64. The summed E-state index contributed by atoms with van der Waals surface area (Å²) in [5.41, 5.74) is 1.98. The van der Waals surface area contributed by atoms with E-state index in [2.05, 4.69) is 5.32 Å². The molecule has 6 heteroatoms. The molecule has 1 amide bonds. The molecule has 0 aromatic heterocycles. The molecule has 1 saturated heterocycles. The second-order valence-corrected chi connectivity index (χ2v) is 5.70. The van der Waals surface area contributed by atoms with Crippen molar-refractivity contribution in [2.75, 3.05) is 12.0 Å². The van der Waals surface area contributed by atoms with Crippen LogP contribution in [0, 0.1) is 0 Å². The molecule has 0 atom stereocenters. The van der Waals surface area contributed by atoms with Crippen LogP contribution in [-0.2, 0) is 4.79 Å². The van der Waals surface area contributed by atoms with Crippen LogP contribution in [0.2, 0.25) is 5.02 Å². The zero-order valence-corrected chi connectivity index (χ0v) is 13.8. The molecular formula is C17H13ClN2O2S. The minimum absolute atomic E-state index is 0.201. The maximum Gasteiger partial charge on any atom is 0.281 e. The van der Waals surface area contributed by atoms with Crippen LogP contribution in [0.15, 0.2) is 54.2 Å². The molecule has 4 nitrogen and oxygen atoms in total. The summed E-state index contributed by atoms with van der Waals surface area (Å²) in [5.74, 6) is 0.560. The van der Waals surface area contributed by atoms with Gasteiger partial charge in [-0.05, 0) is 60.3 Å². The minimum Gasteiger partial charge on any atom is -0.497 e. The van der Waals surface area contributed by atoms with Gasteiger partial charge < -0.3 is 10.1 Å². The largest absolute Gasteiger partial charge is 0.497 e. The highest BCUT2D eigenvalue weighted by Gasteiger charge is 2.31. The molecule has 1 N–H and O–H groups in total. The lowest BCUT2D eigenvalue weighted by Crippen LogP contribution is -2.30. The highest BCUT2D eigenvalue weighted by molar-refractivity contribution is 7.80. The predicted molar refractivity (Wildman–Crippen MR) is 95.6 cm³/mol. The number of hydrogen-bond acceptors (Lipinski definition) is 3. The Kier molecular flexibility index (Phi) is 4.32. The van der Waals surface area contributed by atoms with Crippen molar-refractivity contribution in [2.45, 2.75) is 0 Å². The molecule has 1 aliphatic rings. The number of nitrogens with zero attached hydrogens (tertiary/aromatic N) is 1. The number of amides is 1. The molecular weight excluding hydrogens is 332 g/mol. The van der Waals surface area contributed by atoms with Crippen LogP contribution in [0.1, 0.15) is 5.56 Å². The van der Waals surface area contributed by atoms with Crippen molar-refractivity contribution in [1.29, 1.82) is 0 Å². The maximum atomic E-state index is 12.6. The van der Waals surface area contributed by atoms with Crippen LogP contribution in [0.3, 0.4) is 0 Å². The van der Waals surface area contributed by atoms with Crippen LogP contribution in [0.4, 0.5) is 5.69 Å². The molecule has 0 unspecified atom stereocenters. The van der Waals surface area contributed by atoms with Gasteiger partial charge in [0.1, 0.15) is 11.4 Å². The zero-order chi connectivity index (χ0) is 16.4. The van der Waals surface area contributed by atoms with Gasteiger partial charge in [-0.2, -0.15) is 0 Å². The van der Waals surface area contributed by atoms with E-state index in [1.54, 1.807) is 37.5 Å². The van der Waals surface area contributed by atoms with Crippen molar-refractivity contribution >= 4 is 46.6 Å². The van der Waals surface area contributed by atoms with Crippen molar-refractivity contribution in [3.8, 4) is 5.75 Å². The van der Waals surface area contributed by atoms with Crippen LogP contribution in [0.25, 0.3) is 6.08 Å². The molecule has 0 bridgehead atoms. The van der Waals surface area contributed by atoms with E-state index in [0.717, 1.165) is 11.3 Å². The standard InChI is InChI=1S/C17H13ClN2O2S/c1-22-14-8-2-11(3-9-14)10-15-16(21)20(17(23)19-15)13-6-4-12(18)5-7-13/h2-10H,1H3,(H,19,23)/b15-10-. The van der Waals surface area contributed by atoms with Crippen molar-refractivity contribution in [1.82, 2.24) is 5.32 Å². The summed E-state index contributed by atoms with van der Waals surface area (Å²) in [5, 5.41) is 3.90. The Labute approximate surface area is 144 Å². The van der Waals surface area contributed by atoms with Gasteiger partial charge in [0, 0.05) is 5.02 Å². The summed E-state index contributed by atoms with van der Waals surface area (Å²) in [7, 11) is 1.61. The van der Waals surface area contributed by atoms with Gasteiger partial charge in [-0.3, -0.25) is 9.69 Å². The van der Waals surface area contributed by atoms with Crippen LogP contribution < -0.4 is 15.0 Å². The molecule has 3 rings (SSSR count). The Morgan fingerprint density at radius 3 is 2.39 bits per heavy atom. The molecule has 1 heterocycles. The van der Waals surface area contributed by atoms with Gasteiger partial charge in [0.2, 0.25) is 0 Å². The van der Waals surface area contributed by atoms with Gasteiger partial charge in [0.15, 0.2) is 5.11 Å². The third-order valence-corrected chi connectivity index (χ3v) is 3.93. The molecule has 2 aromatic rings. The molecule has 116 valence electrons. The van der Waals surface area contributed by atoms with E-state index in [1.165, 1.54) is 4.90 Å². The second kappa shape index (κ2) is 6.40. The van der Waals surface area contributed by atoms with E-state index in [-0.39, 0.29) is 5.91 Å².